The summed E-state index contributed by atoms with van der Waals surface area (Å²) in [5, 5.41) is 0. The maximum absolute atomic E-state index is 12.2. The number of rotatable bonds is 1. The van der Waals surface area contributed by atoms with Crippen molar-refractivity contribution in [2.24, 2.45) is 0 Å². The van der Waals surface area contributed by atoms with Crippen molar-refractivity contribution in [3.8, 4) is 0 Å². The molecule has 74 valence electrons. The van der Waals surface area contributed by atoms with Gasteiger partial charge >= 0.3 is 6.43 Å². The molecule has 13 heavy (non-hydrogen) atoms. The van der Waals surface area contributed by atoms with Gasteiger partial charge in [-0.25, -0.2) is 0 Å². The molecule has 1 heterocycles. The molecule has 0 aromatic heterocycles. The van der Waals surface area contributed by atoms with Crippen molar-refractivity contribution in [1.82, 2.24) is 4.90 Å². The van der Waals surface area contributed by atoms with Gasteiger partial charge in [-0.2, -0.15) is 8.78 Å². The van der Waals surface area contributed by atoms with Crippen molar-refractivity contribution in [3.63, 3.8) is 0 Å². The minimum Gasteiger partial charge on any atom is -0.332 e. The monoisotopic (exact) mass is 189 g/mol. The maximum Gasteiger partial charge on any atom is 0.315 e. The van der Waals surface area contributed by atoms with Crippen LogP contribution in [0.2, 0.25) is 0 Å². The van der Waals surface area contributed by atoms with Crippen LogP contribution in [0.25, 0.3) is 0 Å². The van der Waals surface area contributed by atoms with E-state index in [1.165, 1.54) is 4.90 Å². The van der Waals surface area contributed by atoms with Crippen molar-refractivity contribution in [2.75, 3.05) is 6.54 Å². The van der Waals surface area contributed by atoms with Crippen molar-refractivity contribution >= 4 is 5.91 Å². The molecule has 1 saturated heterocycles. The molecule has 1 aliphatic carbocycles. The lowest BCUT2D eigenvalue weighted by Gasteiger charge is -2.45. The van der Waals surface area contributed by atoms with Crippen LogP contribution in [0.4, 0.5) is 8.78 Å². The molecule has 4 heteroatoms. The number of alkyl halides is 2. The summed E-state index contributed by atoms with van der Waals surface area (Å²) < 4.78 is 24.4. The van der Waals surface area contributed by atoms with Crippen LogP contribution in [0.3, 0.4) is 0 Å². The highest BCUT2D eigenvalue weighted by Crippen LogP contribution is 2.45. The second-order valence-corrected chi connectivity index (χ2v) is 3.97. The Balaban J connectivity index is 2.09. The van der Waals surface area contributed by atoms with E-state index in [9.17, 15) is 13.6 Å². The molecule has 2 nitrogen and oxygen atoms in total. The lowest BCUT2D eigenvalue weighted by Crippen LogP contribution is -2.53. The number of hydrogen-bond donors (Lipinski definition) is 0. The molecule has 0 aromatic carbocycles. The van der Waals surface area contributed by atoms with E-state index in [1.54, 1.807) is 0 Å². The van der Waals surface area contributed by atoms with Gasteiger partial charge in [0.2, 0.25) is 0 Å². The molecule has 1 aliphatic heterocycles. The highest BCUT2D eigenvalue weighted by molar-refractivity contribution is 5.80. The van der Waals surface area contributed by atoms with Gasteiger partial charge in [-0.15, -0.1) is 0 Å². The second-order valence-electron chi connectivity index (χ2n) is 3.97. The molecular formula is C9H13F2NO. The van der Waals surface area contributed by atoms with Crippen LogP contribution in [0.5, 0.6) is 0 Å². The summed E-state index contributed by atoms with van der Waals surface area (Å²) in [6.07, 6.45) is 1.91. The number of carbonyl (C=O) groups is 1. The van der Waals surface area contributed by atoms with Gasteiger partial charge in [0.05, 0.1) is 0 Å². The number of likely N-dealkylation sites (tertiary alicyclic amines) is 1. The smallest absolute Gasteiger partial charge is 0.315 e. The number of nitrogens with zero attached hydrogens (tertiary/aromatic N) is 1. The van der Waals surface area contributed by atoms with Crippen LogP contribution in [-0.4, -0.2) is 29.3 Å². The van der Waals surface area contributed by atoms with Crippen LogP contribution in [0.1, 0.15) is 32.1 Å². The van der Waals surface area contributed by atoms with Gasteiger partial charge < -0.3 is 4.90 Å². The van der Waals surface area contributed by atoms with E-state index in [2.05, 4.69) is 0 Å². The Morgan fingerprint density at radius 3 is 2.31 bits per heavy atom. The highest BCUT2D eigenvalue weighted by Gasteiger charge is 2.49. The van der Waals surface area contributed by atoms with Crippen molar-refractivity contribution in [1.29, 1.82) is 0 Å². The first-order valence-corrected chi connectivity index (χ1v) is 4.75. The third-order valence-corrected chi connectivity index (χ3v) is 3.33. The Morgan fingerprint density at radius 2 is 1.85 bits per heavy atom. The van der Waals surface area contributed by atoms with E-state index < -0.39 is 12.3 Å². The number of amides is 1. The normalized spacial score (nSPS) is 25.3. The zero-order valence-electron chi connectivity index (χ0n) is 7.43. The molecule has 2 aliphatic rings. The summed E-state index contributed by atoms with van der Waals surface area (Å²) in [6, 6.07) is 0. The minimum atomic E-state index is -2.82. The topological polar surface area (TPSA) is 20.3 Å². The van der Waals surface area contributed by atoms with Gasteiger partial charge in [-0.3, -0.25) is 4.79 Å². The van der Waals surface area contributed by atoms with E-state index in [0.717, 1.165) is 32.1 Å². The van der Waals surface area contributed by atoms with Crippen LogP contribution in [0, 0.1) is 0 Å². The van der Waals surface area contributed by atoms with Gasteiger partial charge in [0.25, 0.3) is 5.91 Å². The summed E-state index contributed by atoms with van der Waals surface area (Å²) in [5.41, 5.74) is -0.159. The summed E-state index contributed by atoms with van der Waals surface area (Å²) in [6.45, 7) is 0.531. The van der Waals surface area contributed by atoms with Crippen molar-refractivity contribution in [2.45, 2.75) is 44.1 Å². The van der Waals surface area contributed by atoms with Crippen molar-refractivity contribution < 1.29 is 13.6 Å². The standard InChI is InChI=1S/C9H13F2NO/c10-7(11)8(13)12-6-2-5-9(12)3-1-4-9/h7H,1-6H2. The average Bonchev–Trinajstić information content (AvgIpc) is 2.44. The summed E-state index contributed by atoms with van der Waals surface area (Å²) in [7, 11) is 0. The highest BCUT2D eigenvalue weighted by atomic mass is 19.3. The molecule has 1 saturated carbocycles. The Kier molecular flexibility index (Phi) is 2.00. The Labute approximate surface area is 75.9 Å². The molecule has 0 radical (unpaired) electrons. The van der Waals surface area contributed by atoms with Crippen LogP contribution in [0.15, 0.2) is 0 Å². The quantitative estimate of drug-likeness (QED) is 0.616. The lowest BCUT2D eigenvalue weighted by atomic mass is 9.75. The van der Waals surface area contributed by atoms with Gasteiger partial charge in [0.1, 0.15) is 0 Å². The zero-order chi connectivity index (χ0) is 9.47. The Hall–Kier alpha value is -0.670. The average molecular weight is 189 g/mol. The first kappa shape index (κ1) is 8.91. The second kappa shape index (κ2) is 2.93. The third-order valence-electron chi connectivity index (χ3n) is 3.33. The predicted molar refractivity (Wildman–Crippen MR) is 43.5 cm³/mol. The summed E-state index contributed by atoms with van der Waals surface area (Å²) in [4.78, 5) is 12.5. The van der Waals surface area contributed by atoms with Crippen LogP contribution in [-0.2, 0) is 4.79 Å². The van der Waals surface area contributed by atoms with E-state index in [4.69, 9.17) is 0 Å². The fourth-order valence-electron chi connectivity index (χ4n) is 2.50. The third kappa shape index (κ3) is 1.23. The first-order valence-electron chi connectivity index (χ1n) is 4.75. The van der Waals surface area contributed by atoms with Gasteiger partial charge in [0.15, 0.2) is 0 Å². The summed E-state index contributed by atoms with van der Waals surface area (Å²) in [5.74, 6) is -0.961. The molecule has 0 bridgehead atoms. The van der Waals surface area contributed by atoms with Crippen molar-refractivity contribution in [3.05, 3.63) is 0 Å². The molecule has 1 spiro atoms. The molecular weight excluding hydrogens is 176 g/mol. The molecule has 0 atom stereocenters. The molecule has 2 fully saturated rings. The molecule has 2 rings (SSSR count). The number of halogens is 2. The number of carbonyl (C=O) groups excluding carboxylic acids is 1. The SMILES string of the molecule is O=C(C(F)F)N1CCCC12CCC2. The summed E-state index contributed by atoms with van der Waals surface area (Å²) >= 11 is 0. The maximum atomic E-state index is 12.2. The van der Waals surface area contributed by atoms with Gasteiger partial charge in [-0.05, 0) is 32.1 Å². The minimum absolute atomic E-state index is 0.159. The molecule has 0 aromatic rings. The van der Waals surface area contributed by atoms with E-state index >= 15 is 0 Å². The molecule has 0 unspecified atom stereocenters. The van der Waals surface area contributed by atoms with Crippen LogP contribution < -0.4 is 0 Å². The first-order chi connectivity index (χ1) is 6.16. The van der Waals surface area contributed by atoms with E-state index in [1.807, 2.05) is 0 Å². The van der Waals surface area contributed by atoms with Gasteiger partial charge in [0, 0.05) is 12.1 Å². The van der Waals surface area contributed by atoms with Gasteiger partial charge in [-0.1, -0.05) is 0 Å². The number of hydrogen-bond acceptors (Lipinski definition) is 1. The lowest BCUT2D eigenvalue weighted by molar-refractivity contribution is -0.150. The fraction of sp³-hybridized carbons (Fsp3) is 0.889. The Bertz CT molecular complexity index is 226. The largest absolute Gasteiger partial charge is 0.332 e. The predicted octanol–water partition coefficient (Wildman–Crippen LogP) is 1.80. The zero-order valence-corrected chi connectivity index (χ0v) is 7.43. The fourth-order valence-corrected chi connectivity index (χ4v) is 2.50. The molecule has 1 amide bonds. The van der Waals surface area contributed by atoms with E-state index in [-0.39, 0.29) is 5.54 Å². The molecule has 0 N–H and O–H groups in total. The van der Waals surface area contributed by atoms with E-state index in [0.29, 0.717) is 6.54 Å². The Morgan fingerprint density at radius 1 is 1.23 bits per heavy atom. The van der Waals surface area contributed by atoms with Crippen LogP contribution >= 0.6 is 0 Å².